The molecule has 0 spiro atoms. The first-order valence-corrected chi connectivity index (χ1v) is 7.68. The van der Waals surface area contributed by atoms with Crippen molar-refractivity contribution in [3.8, 4) is 0 Å². The van der Waals surface area contributed by atoms with Crippen LogP contribution in [0.5, 0.6) is 0 Å². The van der Waals surface area contributed by atoms with Gasteiger partial charge in [0.05, 0.1) is 4.92 Å². The van der Waals surface area contributed by atoms with E-state index >= 15 is 0 Å². The van der Waals surface area contributed by atoms with Gasteiger partial charge in [-0.25, -0.2) is 4.99 Å². The van der Waals surface area contributed by atoms with E-state index in [9.17, 15) is 10.1 Å². The summed E-state index contributed by atoms with van der Waals surface area (Å²) in [6.07, 6.45) is 2.54. The van der Waals surface area contributed by atoms with Crippen LogP contribution in [0.25, 0.3) is 0 Å². The maximum absolute atomic E-state index is 11.7. The molecule has 1 atom stereocenters. The lowest BCUT2D eigenvalue weighted by Crippen LogP contribution is -2.29. The van der Waals surface area contributed by atoms with Crippen molar-refractivity contribution in [1.82, 2.24) is 0 Å². The number of nitro groups is 1. The lowest BCUT2D eigenvalue weighted by molar-refractivity contribution is -0.430. The van der Waals surface area contributed by atoms with E-state index in [1.807, 2.05) is 31.2 Å². The summed E-state index contributed by atoms with van der Waals surface area (Å²) < 4.78 is 0.768. The van der Waals surface area contributed by atoms with Gasteiger partial charge in [0.15, 0.2) is 0 Å². The molecule has 0 saturated heterocycles. The number of benzene rings is 1. The van der Waals surface area contributed by atoms with Crippen LogP contribution >= 0.6 is 15.9 Å². The van der Waals surface area contributed by atoms with Crippen molar-refractivity contribution in [2.24, 2.45) is 16.5 Å². The number of halogens is 1. The molecule has 1 aliphatic heterocycles. The smallest absolute Gasteiger partial charge is 0.279 e. The van der Waals surface area contributed by atoms with Crippen molar-refractivity contribution in [3.63, 3.8) is 0 Å². The molecule has 6 nitrogen and oxygen atoms in total. The molecule has 1 aliphatic rings. The Labute approximate surface area is 136 Å². The Bertz CT molecular complexity index is 695. The van der Waals surface area contributed by atoms with Gasteiger partial charge in [0.25, 0.3) is 5.70 Å². The third kappa shape index (κ3) is 2.89. The highest BCUT2D eigenvalue weighted by atomic mass is 79.9. The molecule has 7 heteroatoms. The van der Waals surface area contributed by atoms with E-state index in [2.05, 4.69) is 20.9 Å². The molecular formula is C15H17BrN4O2. The van der Waals surface area contributed by atoms with Crippen LogP contribution < -0.4 is 11.5 Å². The van der Waals surface area contributed by atoms with Crippen molar-refractivity contribution >= 4 is 21.8 Å². The fraction of sp³-hybridized carbons (Fsp3) is 0.267. The normalized spacial score (nSPS) is 20.2. The van der Waals surface area contributed by atoms with Gasteiger partial charge in [0.1, 0.15) is 17.5 Å². The molecule has 0 bridgehead atoms. The molecule has 1 aromatic carbocycles. The zero-order valence-corrected chi connectivity index (χ0v) is 13.7. The van der Waals surface area contributed by atoms with Gasteiger partial charge in [-0.2, -0.15) is 0 Å². The quantitative estimate of drug-likeness (QED) is 0.632. The number of amidine groups is 1. The van der Waals surface area contributed by atoms with Gasteiger partial charge in [-0.05, 0) is 18.1 Å². The van der Waals surface area contributed by atoms with E-state index in [1.165, 1.54) is 6.20 Å². The monoisotopic (exact) mass is 364 g/mol. The van der Waals surface area contributed by atoms with E-state index in [1.54, 1.807) is 0 Å². The molecule has 1 heterocycles. The van der Waals surface area contributed by atoms with Gasteiger partial charge in [-0.1, -0.05) is 47.5 Å². The largest absolute Gasteiger partial charge is 0.404 e. The SMILES string of the molecule is CCCC1=C([N+](=O)[O-])C(c2ccccc2Br)/C(=C/N)C(N)=N1. The summed E-state index contributed by atoms with van der Waals surface area (Å²) in [5, 5.41) is 11.7. The minimum Gasteiger partial charge on any atom is -0.404 e. The Kier molecular flexibility index (Phi) is 4.97. The summed E-state index contributed by atoms with van der Waals surface area (Å²) in [6, 6.07) is 7.34. The lowest BCUT2D eigenvalue weighted by Gasteiger charge is -2.24. The molecule has 116 valence electrons. The Morgan fingerprint density at radius 1 is 1.45 bits per heavy atom. The van der Waals surface area contributed by atoms with Gasteiger partial charge < -0.3 is 11.5 Å². The second-order valence-electron chi connectivity index (χ2n) is 4.91. The number of hydrogen-bond donors (Lipinski definition) is 2. The van der Waals surface area contributed by atoms with Crippen LogP contribution in [-0.2, 0) is 0 Å². The highest BCUT2D eigenvalue weighted by Gasteiger charge is 2.39. The molecule has 2 rings (SSSR count). The van der Waals surface area contributed by atoms with Crippen LogP contribution in [0.15, 0.2) is 56.9 Å². The number of aliphatic imine (C=N–C) groups is 1. The molecule has 0 amide bonds. The first-order chi connectivity index (χ1) is 10.5. The summed E-state index contributed by atoms with van der Waals surface area (Å²) in [7, 11) is 0. The number of nitrogens with two attached hydrogens (primary N) is 2. The minimum absolute atomic E-state index is 0.0413. The Morgan fingerprint density at radius 2 is 2.14 bits per heavy atom. The van der Waals surface area contributed by atoms with Crippen LogP contribution in [0.4, 0.5) is 0 Å². The molecule has 1 aromatic rings. The van der Waals surface area contributed by atoms with E-state index in [-0.39, 0.29) is 16.5 Å². The van der Waals surface area contributed by atoms with E-state index in [0.29, 0.717) is 17.7 Å². The van der Waals surface area contributed by atoms with Crippen molar-refractivity contribution in [2.45, 2.75) is 25.7 Å². The van der Waals surface area contributed by atoms with Crippen LogP contribution in [0.1, 0.15) is 31.2 Å². The summed E-state index contributed by atoms with van der Waals surface area (Å²) in [5.41, 5.74) is 13.3. The second kappa shape index (κ2) is 6.74. The zero-order chi connectivity index (χ0) is 16.3. The summed E-state index contributed by atoms with van der Waals surface area (Å²) in [6.45, 7) is 1.94. The maximum atomic E-state index is 11.7. The van der Waals surface area contributed by atoms with E-state index in [0.717, 1.165) is 16.5 Å². The molecule has 22 heavy (non-hydrogen) atoms. The standard InChI is InChI=1S/C15H17BrN4O2/c1-2-5-12-14(20(21)22)13(10(8-17)15(18)19-12)9-6-3-4-7-11(9)16/h3-4,6-8,13H,2,5,17H2,1H3,(H2,18,19)/b10-8-. The van der Waals surface area contributed by atoms with Gasteiger partial charge in [-0.3, -0.25) is 10.1 Å². The zero-order valence-electron chi connectivity index (χ0n) is 12.1. The first-order valence-electron chi connectivity index (χ1n) is 6.89. The Morgan fingerprint density at radius 3 is 2.68 bits per heavy atom. The molecule has 1 unspecified atom stereocenters. The molecule has 0 radical (unpaired) electrons. The summed E-state index contributed by atoms with van der Waals surface area (Å²) in [4.78, 5) is 15.5. The molecular weight excluding hydrogens is 348 g/mol. The van der Waals surface area contributed by atoms with Gasteiger partial charge in [0.2, 0.25) is 0 Å². The Balaban J connectivity index is 2.73. The Hall–Kier alpha value is -2.15. The summed E-state index contributed by atoms with van der Waals surface area (Å²) >= 11 is 3.45. The maximum Gasteiger partial charge on any atom is 0.279 e. The van der Waals surface area contributed by atoms with Crippen molar-refractivity contribution < 1.29 is 4.92 Å². The van der Waals surface area contributed by atoms with Crippen molar-refractivity contribution in [1.29, 1.82) is 0 Å². The molecule has 0 fully saturated rings. The molecule has 0 saturated carbocycles. The molecule has 0 aliphatic carbocycles. The predicted octanol–water partition coefficient (Wildman–Crippen LogP) is 3.03. The third-order valence-electron chi connectivity index (χ3n) is 3.51. The highest BCUT2D eigenvalue weighted by molar-refractivity contribution is 9.10. The molecule has 0 aromatic heterocycles. The van der Waals surface area contributed by atoms with Gasteiger partial charge in [0, 0.05) is 16.2 Å². The average Bonchev–Trinajstić information content (AvgIpc) is 2.47. The number of nitrogens with zero attached hydrogens (tertiary/aromatic N) is 2. The fourth-order valence-electron chi connectivity index (χ4n) is 2.57. The second-order valence-corrected chi connectivity index (χ2v) is 5.77. The van der Waals surface area contributed by atoms with Crippen LogP contribution in [-0.4, -0.2) is 10.8 Å². The first kappa shape index (κ1) is 16.2. The average molecular weight is 365 g/mol. The van der Waals surface area contributed by atoms with Crippen molar-refractivity contribution in [2.75, 3.05) is 0 Å². The topological polar surface area (TPSA) is 108 Å². The van der Waals surface area contributed by atoms with Crippen LogP contribution in [0, 0.1) is 10.1 Å². The molecule has 4 N–H and O–H groups in total. The van der Waals surface area contributed by atoms with Gasteiger partial charge in [-0.15, -0.1) is 0 Å². The summed E-state index contributed by atoms with van der Waals surface area (Å²) in [5.74, 6) is -0.396. The third-order valence-corrected chi connectivity index (χ3v) is 4.23. The highest BCUT2D eigenvalue weighted by Crippen LogP contribution is 2.41. The number of hydrogen-bond acceptors (Lipinski definition) is 5. The van der Waals surface area contributed by atoms with E-state index in [4.69, 9.17) is 11.5 Å². The fourth-order valence-corrected chi connectivity index (χ4v) is 3.08. The lowest BCUT2D eigenvalue weighted by atomic mass is 9.84. The number of rotatable bonds is 4. The van der Waals surface area contributed by atoms with Crippen molar-refractivity contribution in [3.05, 3.63) is 67.6 Å². The van der Waals surface area contributed by atoms with Gasteiger partial charge >= 0.3 is 0 Å². The van der Waals surface area contributed by atoms with E-state index < -0.39 is 5.92 Å². The van der Waals surface area contributed by atoms with Crippen LogP contribution in [0.2, 0.25) is 0 Å². The van der Waals surface area contributed by atoms with Crippen LogP contribution in [0.3, 0.4) is 0 Å². The predicted molar refractivity (Wildman–Crippen MR) is 89.7 cm³/mol. The number of allylic oxidation sites excluding steroid dienone is 2. The minimum atomic E-state index is -0.630.